The van der Waals surface area contributed by atoms with Crippen LogP contribution in [-0.4, -0.2) is 11.7 Å². The van der Waals surface area contributed by atoms with Crippen molar-refractivity contribution in [3.05, 3.63) is 70.0 Å². The molecule has 22 heavy (non-hydrogen) atoms. The molecule has 2 aromatic rings. The summed E-state index contributed by atoms with van der Waals surface area (Å²) < 4.78 is 40.2. The van der Waals surface area contributed by atoms with E-state index in [1.165, 1.54) is 18.2 Å². The number of nitrogens with one attached hydrogen (secondary N) is 1. The van der Waals surface area contributed by atoms with Crippen LogP contribution in [0.1, 0.15) is 30.1 Å². The van der Waals surface area contributed by atoms with Crippen molar-refractivity contribution >= 4 is 11.6 Å². The molecule has 2 aromatic carbocycles. The highest BCUT2D eigenvalue weighted by atomic mass is 35.5. The third kappa shape index (κ3) is 3.80. The number of hydrogen-bond donors (Lipinski definition) is 2. The van der Waals surface area contributed by atoms with Gasteiger partial charge in [-0.2, -0.15) is 0 Å². The SMILES string of the molecule is CC(NC(CO)c1ccc(Cl)c(F)c1)c1ccc(F)cc1F. The highest BCUT2D eigenvalue weighted by Gasteiger charge is 2.18. The minimum Gasteiger partial charge on any atom is -0.394 e. The van der Waals surface area contributed by atoms with E-state index >= 15 is 0 Å². The van der Waals surface area contributed by atoms with Crippen molar-refractivity contribution in [3.63, 3.8) is 0 Å². The van der Waals surface area contributed by atoms with Crippen molar-refractivity contribution in [1.82, 2.24) is 5.32 Å². The van der Waals surface area contributed by atoms with Gasteiger partial charge in [-0.15, -0.1) is 0 Å². The van der Waals surface area contributed by atoms with Gasteiger partial charge in [0.2, 0.25) is 0 Å². The minimum absolute atomic E-state index is 0.0157. The molecule has 0 fully saturated rings. The van der Waals surface area contributed by atoms with Gasteiger partial charge < -0.3 is 10.4 Å². The Morgan fingerprint density at radius 2 is 1.82 bits per heavy atom. The molecule has 0 aliphatic carbocycles. The fourth-order valence-corrected chi connectivity index (χ4v) is 2.35. The maximum atomic E-state index is 13.8. The second kappa shape index (κ2) is 7.13. The van der Waals surface area contributed by atoms with Gasteiger partial charge in [-0.1, -0.05) is 23.7 Å². The molecule has 118 valence electrons. The van der Waals surface area contributed by atoms with Crippen LogP contribution < -0.4 is 5.32 Å². The highest BCUT2D eigenvalue weighted by molar-refractivity contribution is 6.30. The Kier molecular flexibility index (Phi) is 5.45. The van der Waals surface area contributed by atoms with Gasteiger partial charge >= 0.3 is 0 Å². The second-order valence-corrected chi connectivity index (χ2v) is 5.37. The lowest BCUT2D eigenvalue weighted by Gasteiger charge is -2.23. The maximum Gasteiger partial charge on any atom is 0.142 e. The van der Waals surface area contributed by atoms with E-state index in [9.17, 15) is 18.3 Å². The lowest BCUT2D eigenvalue weighted by Crippen LogP contribution is -2.28. The predicted molar refractivity (Wildman–Crippen MR) is 79.1 cm³/mol. The second-order valence-electron chi connectivity index (χ2n) is 4.96. The van der Waals surface area contributed by atoms with Crippen LogP contribution in [0.3, 0.4) is 0 Å². The minimum atomic E-state index is -0.682. The van der Waals surface area contributed by atoms with E-state index in [-0.39, 0.29) is 17.2 Å². The van der Waals surface area contributed by atoms with Gasteiger partial charge in [0.05, 0.1) is 17.7 Å². The first-order valence-electron chi connectivity index (χ1n) is 6.69. The van der Waals surface area contributed by atoms with Crippen molar-refractivity contribution in [2.75, 3.05) is 6.61 Å². The zero-order chi connectivity index (χ0) is 16.3. The largest absolute Gasteiger partial charge is 0.394 e. The van der Waals surface area contributed by atoms with Crippen LogP contribution >= 0.6 is 11.6 Å². The Morgan fingerprint density at radius 1 is 1.09 bits per heavy atom. The highest BCUT2D eigenvalue weighted by Crippen LogP contribution is 2.24. The molecule has 0 saturated carbocycles. The average Bonchev–Trinajstić information content (AvgIpc) is 2.47. The van der Waals surface area contributed by atoms with Gasteiger partial charge in [-0.05, 0) is 30.7 Å². The Bertz CT molecular complexity index is 666. The Balaban J connectivity index is 2.20. The van der Waals surface area contributed by atoms with Crippen molar-refractivity contribution in [2.24, 2.45) is 0 Å². The molecular formula is C16H15ClF3NO. The molecule has 0 radical (unpaired) electrons. The molecule has 0 amide bonds. The number of benzene rings is 2. The summed E-state index contributed by atoms with van der Waals surface area (Å²) in [6.07, 6.45) is 0. The zero-order valence-electron chi connectivity index (χ0n) is 11.8. The summed E-state index contributed by atoms with van der Waals surface area (Å²) in [5, 5.41) is 12.4. The number of aliphatic hydroxyl groups excluding tert-OH is 1. The van der Waals surface area contributed by atoms with E-state index in [1.807, 2.05) is 0 Å². The third-order valence-electron chi connectivity index (χ3n) is 3.41. The van der Waals surface area contributed by atoms with E-state index in [1.54, 1.807) is 13.0 Å². The van der Waals surface area contributed by atoms with E-state index in [0.29, 0.717) is 5.56 Å². The molecule has 0 bridgehead atoms. The topological polar surface area (TPSA) is 32.3 Å². The van der Waals surface area contributed by atoms with Gasteiger partial charge in [-0.25, -0.2) is 13.2 Å². The molecule has 6 heteroatoms. The van der Waals surface area contributed by atoms with Crippen LogP contribution in [0.15, 0.2) is 36.4 Å². The van der Waals surface area contributed by atoms with Gasteiger partial charge in [0.15, 0.2) is 0 Å². The van der Waals surface area contributed by atoms with Gasteiger partial charge in [0, 0.05) is 17.7 Å². The predicted octanol–water partition coefficient (Wildman–Crippen LogP) is 4.14. The summed E-state index contributed by atoms with van der Waals surface area (Å²) in [5.74, 6) is -1.94. The van der Waals surface area contributed by atoms with Crippen LogP contribution in [0, 0.1) is 17.5 Å². The molecule has 0 heterocycles. The van der Waals surface area contributed by atoms with E-state index in [0.717, 1.165) is 12.1 Å². The van der Waals surface area contributed by atoms with Crippen molar-refractivity contribution in [1.29, 1.82) is 0 Å². The molecule has 0 aliphatic rings. The Labute approximate surface area is 131 Å². The first-order chi connectivity index (χ1) is 10.4. The van der Waals surface area contributed by atoms with Crippen molar-refractivity contribution < 1.29 is 18.3 Å². The van der Waals surface area contributed by atoms with Crippen LogP contribution in [0.25, 0.3) is 0 Å². The zero-order valence-corrected chi connectivity index (χ0v) is 12.5. The monoisotopic (exact) mass is 329 g/mol. The summed E-state index contributed by atoms with van der Waals surface area (Å²) >= 11 is 5.62. The molecule has 2 unspecified atom stereocenters. The van der Waals surface area contributed by atoms with Gasteiger partial charge in [0.1, 0.15) is 17.5 Å². The van der Waals surface area contributed by atoms with Gasteiger partial charge in [-0.3, -0.25) is 0 Å². The summed E-state index contributed by atoms with van der Waals surface area (Å²) in [6, 6.07) is 6.36. The summed E-state index contributed by atoms with van der Waals surface area (Å²) in [6.45, 7) is 1.36. The molecule has 2 atom stereocenters. The van der Waals surface area contributed by atoms with Crippen molar-refractivity contribution in [3.8, 4) is 0 Å². The molecule has 0 spiro atoms. The van der Waals surface area contributed by atoms with Crippen LogP contribution in [0.5, 0.6) is 0 Å². The standard InChI is InChI=1S/C16H15ClF3NO/c1-9(12-4-3-11(18)7-14(12)19)21-16(8-22)10-2-5-13(17)15(20)6-10/h2-7,9,16,21-22H,8H2,1H3. The Hall–Kier alpha value is -1.56. The quantitative estimate of drug-likeness (QED) is 0.864. The molecule has 2 nitrogen and oxygen atoms in total. The third-order valence-corrected chi connectivity index (χ3v) is 3.72. The molecule has 2 rings (SSSR count). The molecule has 0 saturated heterocycles. The number of aliphatic hydroxyl groups is 1. The number of halogens is 4. The normalized spacial score (nSPS) is 13.9. The first kappa shape index (κ1) is 16.8. The summed E-state index contributed by atoms with van der Waals surface area (Å²) in [4.78, 5) is 0. The lowest BCUT2D eigenvalue weighted by atomic mass is 10.0. The molecule has 0 aliphatic heterocycles. The summed E-state index contributed by atoms with van der Waals surface area (Å²) in [5.41, 5.74) is 0.744. The number of hydrogen-bond acceptors (Lipinski definition) is 2. The fourth-order valence-electron chi connectivity index (χ4n) is 2.23. The average molecular weight is 330 g/mol. The van der Waals surface area contributed by atoms with Crippen LogP contribution in [0.4, 0.5) is 13.2 Å². The Morgan fingerprint density at radius 3 is 2.41 bits per heavy atom. The molecular weight excluding hydrogens is 315 g/mol. The van der Waals surface area contributed by atoms with E-state index in [4.69, 9.17) is 11.6 Å². The number of rotatable bonds is 5. The van der Waals surface area contributed by atoms with E-state index < -0.39 is 29.5 Å². The summed E-state index contributed by atoms with van der Waals surface area (Å²) in [7, 11) is 0. The van der Waals surface area contributed by atoms with Gasteiger partial charge in [0.25, 0.3) is 0 Å². The van der Waals surface area contributed by atoms with Crippen LogP contribution in [-0.2, 0) is 0 Å². The van der Waals surface area contributed by atoms with E-state index in [2.05, 4.69) is 5.32 Å². The smallest absolute Gasteiger partial charge is 0.142 e. The van der Waals surface area contributed by atoms with Crippen LogP contribution in [0.2, 0.25) is 5.02 Å². The molecule has 0 aromatic heterocycles. The maximum absolute atomic E-state index is 13.8. The van der Waals surface area contributed by atoms with Crippen molar-refractivity contribution in [2.45, 2.75) is 19.0 Å². The lowest BCUT2D eigenvalue weighted by molar-refractivity contribution is 0.234. The molecule has 2 N–H and O–H groups in total. The fraction of sp³-hybridized carbons (Fsp3) is 0.250. The first-order valence-corrected chi connectivity index (χ1v) is 7.07.